The van der Waals surface area contributed by atoms with Gasteiger partial charge in [-0.1, -0.05) is 39.7 Å². The summed E-state index contributed by atoms with van der Waals surface area (Å²) in [4.78, 5) is 36.4. The third-order valence-corrected chi connectivity index (χ3v) is 4.21. The van der Waals surface area contributed by atoms with E-state index < -0.39 is 10.7 Å². The molecule has 0 aliphatic carbocycles. The first-order chi connectivity index (χ1) is 11.4. The van der Waals surface area contributed by atoms with Crippen LogP contribution in [0, 0.1) is 10.1 Å². The van der Waals surface area contributed by atoms with Crippen LogP contribution in [-0.4, -0.2) is 29.0 Å². The molecule has 2 aromatic rings. The SMILES string of the molecule is CN(C(=O)CBr)c1ccc([N+](=O)[O-])cc1C(=O)c1ccccc1Cl. The van der Waals surface area contributed by atoms with Crippen molar-refractivity contribution in [3.05, 3.63) is 68.7 Å². The Balaban J connectivity index is 2.62. The molecule has 6 nitrogen and oxygen atoms in total. The highest BCUT2D eigenvalue weighted by atomic mass is 79.9. The quantitative estimate of drug-likeness (QED) is 0.324. The normalized spacial score (nSPS) is 10.3. The lowest BCUT2D eigenvalue weighted by Crippen LogP contribution is -2.28. The van der Waals surface area contributed by atoms with Crippen LogP contribution in [-0.2, 0) is 4.79 Å². The Labute approximate surface area is 151 Å². The second kappa shape index (κ2) is 7.55. The zero-order chi connectivity index (χ0) is 17.9. The van der Waals surface area contributed by atoms with E-state index >= 15 is 0 Å². The van der Waals surface area contributed by atoms with E-state index in [2.05, 4.69) is 15.9 Å². The van der Waals surface area contributed by atoms with Gasteiger partial charge in [0.1, 0.15) is 0 Å². The Kier molecular flexibility index (Phi) is 5.69. The minimum absolute atomic E-state index is 0.0362. The molecule has 0 bridgehead atoms. The second-order valence-corrected chi connectivity index (χ2v) is 5.82. The van der Waals surface area contributed by atoms with Crippen molar-refractivity contribution in [3.8, 4) is 0 Å². The lowest BCUT2D eigenvalue weighted by molar-refractivity contribution is -0.384. The standard InChI is InChI=1S/C16H12BrClN2O4/c1-19(15(21)9-17)14-7-6-10(20(23)24)8-12(14)16(22)11-4-2-3-5-13(11)18/h2-8H,9H2,1H3. The van der Waals surface area contributed by atoms with E-state index in [1.165, 1.54) is 30.1 Å². The molecule has 124 valence electrons. The second-order valence-electron chi connectivity index (χ2n) is 4.85. The Bertz CT molecular complexity index is 825. The first-order valence-electron chi connectivity index (χ1n) is 6.77. The van der Waals surface area contributed by atoms with Gasteiger partial charge in [-0.15, -0.1) is 0 Å². The largest absolute Gasteiger partial charge is 0.314 e. The molecule has 0 saturated heterocycles. The van der Waals surface area contributed by atoms with Crippen LogP contribution < -0.4 is 4.90 Å². The number of halogens is 2. The third-order valence-electron chi connectivity index (χ3n) is 3.40. The number of nitro benzene ring substituents is 1. The molecule has 0 aliphatic heterocycles. The molecule has 2 aromatic carbocycles. The Morgan fingerprint density at radius 1 is 1.21 bits per heavy atom. The van der Waals surface area contributed by atoms with Gasteiger partial charge in [0.15, 0.2) is 5.78 Å². The van der Waals surface area contributed by atoms with Crippen molar-refractivity contribution in [2.45, 2.75) is 0 Å². The minimum atomic E-state index is -0.598. The van der Waals surface area contributed by atoms with Crippen molar-refractivity contribution in [1.29, 1.82) is 0 Å². The van der Waals surface area contributed by atoms with Gasteiger partial charge in [-0.05, 0) is 18.2 Å². The fourth-order valence-electron chi connectivity index (χ4n) is 2.13. The number of carbonyl (C=O) groups is 2. The fourth-order valence-corrected chi connectivity index (χ4v) is 2.72. The number of amides is 1. The monoisotopic (exact) mass is 410 g/mol. The van der Waals surface area contributed by atoms with Gasteiger partial charge in [0.2, 0.25) is 5.91 Å². The Morgan fingerprint density at radius 2 is 1.88 bits per heavy atom. The molecule has 0 aromatic heterocycles. The van der Waals surface area contributed by atoms with Crippen LogP contribution in [0.4, 0.5) is 11.4 Å². The number of nitro groups is 1. The molecule has 0 heterocycles. The summed E-state index contributed by atoms with van der Waals surface area (Å²) >= 11 is 9.11. The van der Waals surface area contributed by atoms with Crippen molar-refractivity contribution in [1.82, 2.24) is 0 Å². The number of rotatable bonds is 5. The highest BCUT2D eigenvalue weighted by Gasteiger charge is 2.23. The molecule has 24 heavy (non-hydrogen) atoms. The van der Waals surface area contributed by atoms with E-state index in [0.717, 1.165) is 6.07 Å². The van der Waals surface area contributed by atoms with E-state index in [-0.39, 0.29) is 38.8 Å². The fraction of sp³-hybridized carbons (Fsp3) is 0.125. The number of hydrogen-bond donors (Lipinski definition) is 0. The molecule has 1 amide bonds. The first kappa shape index (κ1) is 18.1. The van der Waals surface area contributed by atoms with Crippen LogP contribution in [0.3, 0.4) is 0 Å². The first-order valence-corrected chi connectivity index (χ1v) is 8.27. The number of alkyl halides is 1. The highest BCUT2D eigenvalue weighted by Crippen LogP contribution is 2.29. The summed E-state index contributed by atoms with van der Waals surface area (Å²) in [5.41, 5.74) is 0.276. The van der Waals surface area contributed by atoms with Gasteiger partial charge < -0.3 is 4.90 Å². The molecule has 0 radical (unpaired) electrons. The zero-order valence-corrected chi connectivity index (χ0v) is 14.9. The molecule has 0 N–H and O–H groups in total. The topological polar surface area (TPSA) is 80.5 Å². The van der Waals surface area contributed by atoms with Crippen LogP contribution in [0.5, 0.6) is 0 Å². The summed E-state index contributed by atoms with van der Waals surface area (Å²) in [5.74, 6) is -0.786. The van der Waals surface area contributed by atoms with Gasteiger partial charge in [-0.25, -0.2) is 0 Å². The molecule has 0 spiro atoms. The minimum Gasteiger partial charge on any atom is -0.314 e. The van der Waals surface area contributed by atoms with Gasteiger partial charge in [0.25, 0.3) is 5.69 Å². The Hall–Kier alpha value is -2.25. The van der Waals surface area contributed by atoms with E-state index in [4.69, 9.17) is 11.6 Å². The number of hydrogen-bond acceptors (Lipinski definition) is 4. The maximum Gasteiger partial charge on any atom is 0.270 e. The average molecular weight is 412 g/mol. The van der Waals surface area contributed by atoms with Crippen LogP contribution in [0.25, 0.3) is 0 Å². The lowest BCUT2D eigenvalue weighted by Gasteiger charge is -2.19. The summed E-state index contributed by atoms with van der Waals surface area (Å²) in [6.45, 7) is 0. The summed E-state index contributed by atoms with van der Waals surface area (Å²) < 4.78 is 0. The predicted octanol–water partition coefficient (Wildman–Crippen LogP) is 3.84. The number of anilines is 1. The molecule has 0 aliphatic rings. The highest BCUT2D eigenvalue weighted by molar-refractivity contribution is 9.09. The number of benzene rings is 2. The smallest absolute Gasteiger partial charge is 0.270 e. The van der Waals surface area contributed by atoms with Gasteiger partial charge in [0, 0.05) is 24.7 Å². The molecule has 0 unspecified atom stereocenters. The molecule has 8 heteroatoms. The third kappa shape index (κ3) is 3.63. The predicted molar refractivity (Wildman–Crippen MR) is 95.2 cm³/mol. The molecule has 0 saturated carbocycles. The van der Waals surface area contributed by atoms with Gasteiger partial charge in [-0.3, -0.25) is 19.7 Å². The van der Waals surface area contributed by atoms with Crippen LogP contribution in [0.2, 0.25) is 5.02 Å². The van der Waals surface area contributed by atoms with E-state index in [9.17, 15) is 19.7 Å². The van der Waals surface area contributed by atoms with E-state index in [1.54, 1.807) is 18.2 Å². The molecular formula is C16H12BrClN2O4. The van der Waals surface area contributed by atoms with Gasteiger partial charge >= 0.3 is 0 Å². The van der Waals surface area contributed by atoms with Crippen LogP contribution in [0.1, 0.15) is 15.9 Å². The number of carbonyl (C=O) groups excluding carboxylic acids is 2. The van der Waals surface area contributed by atoms with Crippen LogP contribution >= 0.6 is 27.5 Å². The summed E-state index contributed by atoms with van der Waals surface area (Å²) in [5, 5.41) is 11.3. The van der Waals surface area contributed by atoms with Crippen molar-refractivity contribution < 1.29 is 14.5 Å². The molecular weight excluding hydrogens is 400 g/mol. The Morgan fingerprint density at radius 3 is 2.46 bits per heavy atom. The molecule has 0 fully saturated rings. The van der Waals surface area contributed by atoms with E-state index in [0.29, 0.717) is 0 Å². The van der Waals surface area contributed by atoms with Gasteiger partial charge in [-0.2, -0.15) is 0 Å². The van der Waals surface area contributed by atoms with E-state index in [1.807, 2.05) is 0 Å². The van der Waals surface area contributed by atoms with Crippen LogP contribution in [0.15, 0.2) is 42.5 Å². The maximum absolute atomic E-state index is 12.8. The summed E-state index contributed by atoms with van der Waals surface area (Å²) in [7, 11) is 1.49. The van der Waals surface area contributed by atoms with Crippen molar-refractivity contribution in [2.75, 3.05) is 17.3 Å². The molecule has 2 rings (SSSR count). The van der Waals surface area contributed by atoms with Crippen molar-refractivity contribution >= 4 is 50.6 Å². The summed E-state index contributed by atoms with van der Waals surface area (Å²) in [6.07, 6.45) is 0. The van der Waals surface area contributed by atoms with Gasteiger partial charge in [0.05, 0.1) is 26.5 Å². The maximum atomic E-state index is 12.8. The zero-order valence-electron chi connectivity index (χ0n) is 12.5. The van der Waals surface area contributed by atoms with Crippen molar-refractivity contribution in [2.24, 2.45) is 0 Å². The average Bonchev–Trinajstić information content (AvgIpc) is 2.59. The number of nitrogens with zero attached hydrogens (tertiary/aromatic N) is 2. The van der Waals surface area contributed by atoms with Crippen molar-refractivity contribution in [3.63, 3.8) is 0 Å². The lowest BCUT2D eigenvalue weighted by atomic mass is 10.00. The molecule has 0 atom stereocenters. The number of non-ortho nitro benzene ring substituents is 1. The number of ketones is 1. The summed E-state index contributed by atoms with van der Waals surface area (Å²) in [6, 6.07) is 10.2.